The standard InChI is InChI=1S/C20H49O12P3S3Si2/c1-7-27-39(28-8-2,29-9-3)17-13-15-19(33(21,22)36)20(34(23,24)37,35(25,26)38)16-14-18-40(30-10-4,31-11-5)32-12-6/h19H,7-18H2,1-6H3,(H2,21,22,36)(H2,23,24,37)(H2,25,26,38). The summed E-state index contributed by atoms with van der Waals surface area (Å²) >= 11 is 15.2. The van der Waals surface area contributed by atoms with Crippen LogP contribution in [0.15, 0.2) is 0 Å². The van der Waals surface area contributed by atoms with E-state index in [1.807, 2.05) is 0 Å². The van der Waals surface area contributed by atoms with E-state index < -0.39 is 47.6 Å². The Labute approximate surface area is 257 Å². The van der Waals surface area contributed by atoms with Gasteiger partial charge in [-0.3, -0.25) is 0 Å². The van der Waals surface area contributed by atoms with Gasteiger partial charge in [0.15, 0.2) is 19.5 Å². The number of hydrogen-bond acceptors (Lipinski definition) is 9. The van der Waals surface area contributed by atoms with Gasteiger partial charge < -0.3 is 55.9 Å². The average Bonchev–Trinajstić information content (AvgIpc) is 2.79. The SMILES string of the molecule is CCO[Si](CCCC(C(CCC[Si](OCC)(OCC)OCC)(P(O)(O)=S)P(O)(O)=S)P(O)(O)=S)(OCC)OCC. The van der Waals surface area contributed by atoms with Crippen molar-refractivity contribution >= 4 is 72.5 Å². The second-order valence-electron chi connectivity index (χ2n) is 8.78. The van der Waals surface area contributed by atoms with Crippen molar-refractivity contribution in [3.05, 3.63) is 0 Å². The molecule has 0 rings (SSSR count). The summed E-state index contributed by atoms with van der Waals surface area (Å²) in [6.07, 6.45) is -0.334. The Hall–Kier alpha value is 1.90. The predicted molar refractivity (Wildman–Crippen MR) is 172 cm³/mol. The minimum Gasteiger partial charge on any atom is -0.374 e. The van der Waals surface area contributed by atoms with Crippen LogP contribution in [0.25, 0.3) is 0 Å². The van der Waals surface area contributed by atoms with Crippen LogP contribution in [-0.4, -0.2) is 97.2 Å². The van der Waals surface area contributed by atoms with Gasteiger partial charge in [-0.1, -0.05) is 0 Å². The topological polar surface area (TPSA) is 177 Å². The Kier molecular flexibility index (Phi) is 19.7. The third-order valence-corrected chi connectivity index (χ3v) is 22.6. The highest BCUT2D eigenvalue weighted by Crippen LogP contribution is 2.78. The molecular formula is C20H49O12P3S3Si2. The molecule has 0 bridgehead atoms. The summed E-state index contributed by atoms with van der Waals surface area (Å²) in [4.78, 5) is 63.1. The van der Waals surface area contributed by atoms with Crippen molar-refractivity contribution in [1.82, 2.24) is 0 Å². The van der Waals surface area contributed by atoms with E-state index >= 15 is 0 Å². The van der Waals surface area contributed by atoms with Crippen molar-refractivity contribution in [2.75, 3.05) is 39.6 Å². The highest BCUT2D eigenvalue weighted by atomic mass is 32.5. The van der Waals surface area contributed by atoms with E-state index in [2.05, 4.69) is 0 Å². The Bertz CT molecular complexity index is 817. The first-order valence-corrected chi connectivity index (χ1v) is 25.5. The molecule has 0 aliphatic heterocycles. The third-order valence-electron chi connectivity index (χ3n) is 6.12. The molecule has 0 saturated heterocycles. The van der Waals surface area contributed by atoms with Crippen LogP contribution in [0.4, 0.5) is 0 Å². The summed E-state index contributed by atoms with van der Waals surface area (Å²) in [5.74, 6) is 0. The Morgan fingerprint density at radius 3 is 1.12 bits per heavy atom. The van der Waals surface area contributed by atoms with Gasteiger partial charge in [0.25, 0.3) is 0 Å². The van der Waals surface area contributed by atoms with Crippen molar-refractivity contribution in [3.63, 3.8) is 0 Å². The van der Waals surface area contributed by atoms with Gasteiger partial charge in [0, 0.05) is 51.7 Å². The van der Waals surface area contributed by atoms with Crippen molar-refractivity contribution in [3.8, 4) is 0 Å². The minimum atomic E-state index is -4.70. The lowest BCUT2D eigenvalue weighted by Gasteiger charge is -2.47. The number of rotatable bonds is 24. The Balaban J connectivity index is 6.57. The zero-order valence-electron chi connectivity index (χ0n) is 24.3. The summed E-state index contributed by atoms with van der Waals surface area (Å²) in [5, 5.41) is 0. The molecular weight excluding hydrogens is 678 g/mol. The molecule has 20 heteroatoms. The fourth-order valence-corrected chi connectivity index (χ4v) is 22.0. The molecule has 0 spiro atoms. The highest BCUT2D eigenvalue weighted by Gasteiger charge is 2.62. The summed E-state index contributed by atoms with van der Waals surface area (Å²) in [5.41, 5.74) is -1.60. The van der Waals surface area contributed by atoms with Gasteiger partial charge in [-0.15, -0.1) is 0 Å². The molecule has 0 aromatic carbocycles. The Morgan fingerprint density at radius 1 is 0.575 bits per heavy atom. The third kappa shape index (κ3) is 12.0. The van der Waals surface area contributed by atoms with Gasteiger partial charge >= 0.3 is 17.6 Å². The predicted octanol–water partition coefficient (Wildman–Crippen LogP) is 3.59. The van der Waals surface area contributed by atoms with E-state index in [0.29, 0.717) is 39.6 Å². The van der Waals surface area contributed by atoms with E-state index in [-0.39, 0.29) is 37.8 Å². The lowest BCUT2D eigenvalue weighted by atomic mass is 10.1. The summed E-state index contributed by atoms with van der Waals surface area (Å²) < 4.78 is 35.1. The highest BCUT2D eigenvalue weighted by molar-refractivity contribution is 8.20. The van der Waals surface area contributed by atoms with Gasteiger partial charge in [-0.2, -0.15) is 0 Å². The zero-order chi connectivity index (χ0) is 31.3. The van der Waals surface area contributed by atoms with Crippen LogP contribution in [0.2, 0.25) is 12.1 Å². The van der Waals surface area contributed by atoms with Gasteiger partial charge in [0.1, 0.15) is 4.90 Å². The second-order valence-corrected chi connectivity index (χ2v) is 24.8. The van der Waals surface area contributed by atoms with E-state index in [1.54, 1.807) is 41.5 Å². The smallest absolute Gasteiger partial charge is 0.374 e. The molecule has 40 heavy (non-hydrogen) atoms. The molecule has 0 aliphatic rings. The first-order chi connectivity index (χ1) is 18.4. The van der Waals surface area contributed by atoms with Crippen LogP contribution in [0.5, 0.6) is 0 Å². The Morgan fingerprint density at radius 2 is 0.875 bits per heavy atom. The molecule has 1 atom stereocenters. The lowest BCUT2D eigenvalue weighted by Crippen LogP contribution is -2.47. The van der Waals surface area contributed by atoms with Crippen molar-refractivity contribution in [1.29, 1.82) is 0 Å². The van der Waals surface area contributed by atoms with Crippen LogP contribution >= 0.6 is 19.5 Å². The van der Waals surface area contributed by atoms with E-state index in [9.17, 15) is 29.4 Å². The molecule has 12 nitrogen and oxygen atoms in total. The maximum absolute atomic E-state index is 11.0. The van der Waals surface area contributed by atoms with E-state index in [0.717, 1.165) is 0 Å². The van der Waals surface area contributed by atoms with E-state index in [4.69, 9.17) is 62.0 Å². The van der Waals surface area contributed by atoms with Crippen LogP contribution in [0.1, 0.15) is 67.2 Å². The molecule has 0 heterocycles. The van der Waals surface area contributed by atoms with Crippen molar-refractivity contribution in [2.45, 2.75) is 89.9 Å². The van der Waals surface area contributed by atoms with Gasteiger partial charge in [0.2, 0.25) is 0 Å². The molecule has 0 aromatic rings. The molecule has 0 radical (unpaired) electrons. The van der Waals surface area contributed by atoms with Gasteiger partial charge in [-0.05, 0) is 103 Å². The summed E-state index contributed by atoms with van der Waals surface area (Å²) in [6.45, 7) is -1.19. The van der Waals surface area contributed by atoms with Crippen LogP contribution in [0, 0.1) is 0 Å². The zero-order valence-corrected chi connectivity index (χ0v) is 31.4. The summed E-state index contributed by atoms with van der Waals surface area (Å²) in [7, 11) is -6.39. The fourth-order valence-electron chi connectivity index (χ4n) is 4.76. The van der Waals surface area contributed by atoms with E-state index in [1.165, 1.54) is 0 Å². The molecule has 6 N–H and O–H groups in total. The maximum Gasteiger partial charge on any atom is 0.500 e. The van der Waals surface area contributed by atoms with Crippen LogP contribution in [-0.2, 0) is 62.0 Å². The first kappa shape index (κ1) is 41.9. The van der Waals surface area contributed by atoms with Crippen molar-refractivity contribution < 1.29 is 55.9 Å². The average molecular weight is 727 g/mol. The molecule has 0 fully saturated rings. The quantitative estimate of drug-likeness (QED) is 0.0628. The van der Waals surface area contributed by atoms with Crippen LogP contribution < -0.4 is 0 Å². The molecule has 0 aliphatic carbocycles. The van der Waals surface area contributed by atoms with Gasteiger partial charge in [-0.25, -0.2) is 0 Å². The molecule has 0 aromatic heterocycles. The van der Waals surface area contributed by atoms with Crippen molar-refractivity contribution in [2.24, 2.45) is 0 Å². The molecule has 242 valence electrons. The second kappa shape index (κ2) is 18.8. The van der Waals surface area contributed by atoms with Gasteiger partial charge in [0.05, 0.1) is 5.66 Å². The lowest BCUT2D eigenvalue weighted by molar-refractivity contribution is 0.0694. The monoisotopic (exact) mass is 726 g/mol. The number of hydrogen-bond donors (Lipinski definition) is 6. The molecule has 0 saturated carbocycles. The van der Waals surface area contributed by atoms with Crippen LogP contribution in [0.3, 0.4) is 0 Å². The maximum atomic E-state index is 11.0. The molecule has 1 unspecified atom stereocenters. The largest absolute Gasteiger partial charge is 0.500 e. The summed E-state index contributed by atoms with van der Waals surface area (Å²) in [6, 6.07) is 0.398. The minimum absolute atomic E-state index is 0.0482. The normalized spacial score (nSPS) is 15.0. The molecule has 0 amide bonds. The fraction of sp³-hybridized carbons (Fsp3) is 1.00. The first-order valence-electron chi connectivity index (χ1n) is 13.4.